The maximum absolute atomic E-state index is 11.1. The second-order valence-electron chi connectivity index (χ2n) is 3.98. The van der Waals surface area contributed by atoms with E-state index in [0.29, 0.717) is 5.75 Å². The van der Waals surface area contributed by atoms with E-state index in [9.17, 15) is 4.79 Å². The normalized spacial score (nSPS) is 9.68. The number of hydrogen-bond acceptors (Lipinski definition) is 2. The summed E-state index contributed by atoms with van der Waals surface area (Å²) in [6, 6.07) is 15.4. The van der Waals surface area contributed by atoms with Crippen LogP contribution in [0.4, 0.5) is 0 Å². The Morgan fingerprint density at radius 3 is 1.89 bits per heavy atom. The summed E-state index contributed by atoms with van der Waals surface area (Å²) in [4.78, 5) is 11.1. The molecule has 2 aromatic carbocycles. The molecular weight excluding hydrogens is 236 g/mol. The molecule has 0 aliphatic heterocycles. The van der Waals surface area contributed by atoms with E-state index < -0.39 is 5.97 Å². The van der Waals surface area contributed by atoms with Gasteiger partial charge in [0.05, 0.1) is 0 Å². The quantitative estimate of drug-likeness (QED) is 0.464. The van der Waals surface area contributed by atoms with Crippen molar-refractivity contribution in [2.24, 2.45) is 0 Å². The Balaban J connectivity index is 2.19. The lowest BCUT2D eigenvalue weighted by atomic mass is 10.0. The van der Waals surface area contributed by atoms with E-state index in [1.807, 2.05) is 42.5 Å². The summed E-state index contributed by atoms with van der Waals surface area (Å²) >= 11 is 0. The van der Waals surface area contributed by atoms with Crippen molar-refractivity contribution in [1.29, 1.82) is 0 Å². The minimum Gasteiger partial charge on any atom is -0.423 e. The first-order valence-electron chi connectivity index (χ1n) is 5.90. The third kappa shape index (κ3) is 3.19. The first-order valence-corrected chi connectivity index (χ1v) is 5.90. The maximum Gasteiger partial charge on any atom is 0.335 e. The lowest BCUT2D eigenvalue weighted by Crippen LogP contribution is -2.02. The number of rotatable bonds is 4. The Kier molecular flexibility index (Phi) is 3.94. The molecule has 0 saturated heterocycles. The number of carbonyl (C=O) groups excluding carboxylic acids is 1. The lowest BCUT2D eigenvalue weighted by molar-refractivity contribution is -0.128. The van der Waals surface area contributed by atoms with Crippen LogP contribution in [0.5, 0.6) is 5.75 Å². The van der Waals surface area contributed by atoms with Crippen molar-refractivity contribution in [3.8, 4) is 16.9 Å². The minimum atomic E-state index is -0.455. The zero-order valence-electron chi connectivity index (χ0n) is 10.5. The second kappa shape index (κ2) is 5.83. The number of hydrogen-bond donors (Lipinski definition) is 0. The van der Waals surface area contributed by atoms with Crippen LogP contribution in [0.25, 0.3) is 17.2 Å². The van der Waals surface area contributed by atoms with Crippen molar-refractivity contribution < 1.29 is 9.53 Å². The fourth-order valence-electron chi connectivity index (χ4n) is 1.68. The Hall–Kier alpha value is -2.61. The van der Waals surface area contributed by atoms with E-state index in [1.165, 1.54) is 0 Å². The van der Waals surface area contributed by atoms with Crippen LogP contribution >= 0.6 is 0 Å². The molecule has 0 aromatic heterocycles. The van der Waals surface area contributed by atoms with Gasteiger partial charge in [0.15, 0.2) is 0 Å². The first kappa shape index (κ1) is 12.8. The smallest absolute Gasteiger partial charge is 0.335 e. The molecule has 0 aliphatic rings. The predicted molar refractivity (Wildman–Crippen MR) is 77.8 cm³/mol. The van der Waals surface area contributed by atoms with Gasteiger partial charge in [-0.3, -0.25) is 0 Å². The molecular formula is C17H14O2. The van der Waals surface area contributed by atoms with Gasteiger partial charge in [-0.05, 0) is 28.8 Å². The fourth-order valence-corrected chi connectivity index (χ4v) is 1.68. The molecule has 0 unspecified atom stereocenters. The van der Waals surface area contributed by atoms with E-state index >= 15 is 0 Å². The minimum absolute atomic E-state index is 0.455. The summed E-state index contributed by atoms with van der Waals surface area (Å²) in [5, 5.41) is 0. The predicted octanol–water partition coefficient (Wildman–Crippen LogP) is 4.09. The van der Waals surface area contributed by atoms with Crippen LogP contribution in [0.15, 0.2) is 67.8 Å². The molecule has 0 heterocycles. The van der Waals surface area contributed by atoms with Crippen molar-refractivity contribution in [2.45, 2.75) is 0 Å². The molecule has 0 N–H and O–H groups in total. The Bertz CT molecular complexity index is 592. The summed E-state index contributed by atoms with van der Waals surface area (Å²) in [6.07, 6.45) is 2.95. The van der Waals surface area contributed by atoms with Gasteiger partial charge in [-0.25, -0.2) is 4.79 Å². The average molecular weight is 250 g/mol. The van der Waals surface area contributed by atoms with Crippen LogP contribution in [0, 0.1) is 0 Å². The zero-order chi connectivity index (χ0) is 13.7. The highest BCUT2D eigenvalue weighted by Gasteiger charge is 2.01. The highest BCUT2D eigenvalue weighted by molar-refractivity contribution is 5.83. The molecule has 0 saturated carbocycles. The van der Waals surface area contributed by atoms with Crippen molar-refractivity contribution in [3.05, 3.63) is 73.3 Å². The maximum atomic E-state index is 11.1. The molecule has 0 atom stereocenters. The van der Waals surface area contributed by atoms with Gasteiger partial charge >= 0.3 is 5.97 Å². The number of carbonyl (C=O) groups is 1. The van der Waals surface area contributed by atoms with E-state index in [4.69, 9.17) is 4.74 Å². The SMILES string of the molecule is C=CC(=O)Oc1ccc(-c2ccc(C=C)cc2)cc1. The van der Waals surface area contributed by atoms with Crippen LogP contribution in [-0.4, -0.2) is 5.97 Å². The van der Waals surface area contributed by atoms with Gasteiger partial charge in [0.2, 0.25) is 0 Å². The zero-order valence-corrected chi connectivity index (χ0v) is 10.5. The van der Waals surface area contributed by atoms with Gasteiger partial charge in [-0.15, -0.1) is 0 Å². The molecule has 0 fully saturated rings. The van der Waals surface area contributed by atoms with E-state index in [1.54, 1.807) is 12.1 Å². The number of ether oxygens (including phenoxy) is 1. The standard InChI is InChI=1S/C17H14O2/c1-3-13-5-7-14(8-6-13)15-9-11-16(12-10-15)19-17(18)4-2/h3-12H,1-2H2. The summed E-state index contributed by atoms with van der Waals surface area (Å²) in [6.45, 7) is 7.08. The largest absolute Gasteiger partial charge is 0.423 e. The first-order chi connectivity index (χ1) is 9.22. The van der Waals surface area contributed by atoms with Crippen molar-refractivity contribution in [3.63, 3.8) is 0 Å². The summed E-state index contributed by atoms with van der Waals surface area (Å²) in [5.74, 6) is 0.0550. The van der Waals surface area contributed by atoms with E-state index in [-0.39, 0.29) is 0 Å². The van der Waals surface area contributed by atoms with E-state index in [0.717, 1.165) is 22.8 Å². The molecule has 0 spiro atoms. The molecule has 2 heteroatoms. The molecule has 0 amide bonds. The van der Waals surface area contributed by atoms with Gasteiger partial charge in [-0.2, -0.15) is 0 Å². The third-order valence-electron chi connectivity index (χ3n) is 2.72. The van der Waals surface area contributed by atoms with Crippen molar-refractivity contribution >= 4 is 12.0 Å². The Morgan fingerprint density at radius 1 is 0.895 bits per heavy atom. The van der Waals surface area contributed by atoms with Gasteiger partial charge < -0.3 is 4.74 Å². The Morgan fingerprint density at radius 2 is 1.42 bits per heavy atom. The van der Waals surface area contributed by atoms with Crippen LogP contribution in [0.3, 0.4) is 0 Å². The summed E-state index contributed by atoms with van der Waals surface area (Å²) in [7, 11) is 0. The highest BCUT2D eigenvalue weighted by Crippen LogP contribution is 2.23. The van der Waals surface area contributed by atoms with Crippen molar-refractivity contribution in [1.82, 2.24) is 0 Å². The highest BCUT2D eigenvalue weighted by atomic mass is 16.5. The molecule has 0 aliphatic carbocycles. The average Bonchev–Trinajstić information content (AvgIpc) is 2.48. The summed E-state index contributed by atoms with van der Waals surface area (Å²) in [5.41, 5.74) is 3.25. The topological polar surface area (TPSA) is 26.3 Å². The Labute approximate surface area is 112 Å². The number of esters is 1. The molecule has 2 aromatic rings. The van der Waals surface area contributed by atoms with Crippen LogP contribution in [-0.2, 0) is 4.79 Å². The van der Waals surface area contributed by atoms with E-state index in [2.05, 4.69) is 13.2 Å². The molecule has 2 nitrogen and oxygen atoms in total. The van der Waals surface area contributed by atoms with Gasteiger partial charge in [-0.1, -0.05) is 55.6 Å². The molecule has 19 heavy (non-hydrogen) atoms. The van der Waals surface area contributed by atoms with Crippen LogP contribution < -0.4 is 4.74 Å². The molecule has 94 valence electrons. The van der Waals surface area contributed by atoms with Gasteiger partial charge in [0.1, 0.15) is 5.75 Å². The molecule has 0 radical (unpaired) electrons. The van der Waals surface area contributed by atoms with Crippen LogP contribution in [0.2, 0.25) is 0 Å². The van der Waals surface area contributed by atoms with Gasteiger partial charge in [0.25, 0.3) is 0 Å². The molecule has 0 bridgehead atoms. The summed E-state index contributed by atoms with van der Waals surface area (Å²) < 4.78 is 5.02. The monoisotopic (exact) mass is 250 g/mol. The van der Waals surface area contributed by atoms with Gasteiger partial charge in [0, 0.05) is 6.08 Å². The second-order valence-corrected chi connectivity index (χ2v) is 3.98. The third-order valence-corrected chi connectivity index (χ3v) is 2.72. The number of benzene rings is 2. The van der Waals surface area contributed by atoms with Crippen LogP contribution in [0.1, 0.15) is 5.56 Å². The van der Waals surface area contributed by atoms with Crippen molar-refractivity contribution in [2.75, 3.05) is 0 Å². The lowest BCUT2D eigenvalue weighted by Gasteiger charge is -2.05. The fraction of sp³-hybridized carbons (Fsp3) is 0. The molecule has 2 rings (SSSR count).